The Morgan fingerprint density at radius 2 is 0.982 bits per heavy atom. The fourth-order valence-electron chi connectivity index (χ4n) is 8.25. The van der Waals surface area contributed by atoms with Gasteiger partial charge in [0.15, 0.2) is 17.5 Å². The van der Waals surface area contributed by atoms with Crippen LogP contribution in [0.3, 0.4) is 0 Å². The highest BCUT2D eigenvalue weighted by molar-refractivity contribution is 7.25. The normalized spacial score (nSPS) is 11.9. The minimum absolute atomic E-state index is 0.552. The summed E-state index contributed by atoms with van der Waals surface area (Å²) >= 11 is 1.83. The number of hydrogen-bond acceptors (Lipinski definition) is 6. The number of thiophene rings is 1. The molecule has 0 spiro atoms. The van der Waals surface area contributed by atoms with Crippen LogP contribution < -0.4 is 0 Å². The maximum atomic E-state index is 6.57. The van der Waals surface area contributed by atoms with Crippen LogP contribution in [-0.2, 0) is 0 Å². The van der Waals surface area contributed by atoms with Crippen LogP contribution in [0.4, 0.5) is 0 Å². The quantitative estimate of drug-likeness (QED) is 0.175. The van der Waals surface area contributed by atoms with E-state index in [9.17, 15) is 0 Å². The zero-order valence-corrected chi connectivity index (χ0v) is 31.1. The van der Waals surface area contributed by atoms with Gasteiger partial charge in [0.05, 0.1) is 5.56 Å². The van der Waals surface area contributed by atoms with Crippen molar-refractivity contribution in [1.82, 2.24) is 15.0 Å². The molecule has 0 amide bonds. The van der Waals surface area contributed by atoms with Crippen molar-refractivity contribution in [2.75, 3.05) is 0 Å². The third kappa shape index (κ3) is 5.19. The summed E-state index contributed by atoms with van der Waals surface area (Å²) in [5.41, 5.74) is 10.2. The van der Waals surface area contributed by atoms with Gasteiger partial charge in [0.2, 0.25) is 0 Å². The van der Waals surface area contributed by atoms with Crippen LogP contribution in [0, 0.1) is 0 Å². The number of benzene rings is 8. The first-order valence-electron chi connectivity index (χ1n) is 18.9. The maximum Gasteiger partial charge on any atom is 0.167 e. The molecule has 6 heteroatoms. The summed E-state index contributed by atoms with van der Waals surface area (Å²) in [5, 5.41) is 6.81. The Hall–Kier alpha value is -7.41. The number of rotatable bonds is 5. The summed E-state index contributed by atoms with van der Waals surface area (Å²) in [7, 11) is 0. The van der Waals surface area contributed by atoms with Gasteiger partial charge in [0.25, 0.3) is 0 Å². The zero-order valence-electron chi connectivity index (χ0n) is 30.3. The van der Waals surface area contributed by atoms with Gasteiger partial charge in [0.1, 0.15) is 22.3 Å². The fraction of sp³-hybridized carbons (Fsp3) is 0. The van der Waals surface area contributed by atoms with Crippen molar-refractivity contribution < 1.29 is 8.83 Å². The molecular formula is C51H29N3O2S. The molecular weight excluding hydrogens is 719 g/mol. The molecule has 12 rings (SSSR count). The van der Waals surface area contributed by atoms with Gasteiger partial charge in [-0.1, -0.05) is 127 Å². The molecule has 0 fully saturated rings. The van der Waals surface area contributed by atoms with Crippen molar-refractivity contribution in [3.05, 3.63) is 176 Å². The van der Waals surface area contributed by atoms with Crippen molar-refractivity contribution in [1.29, 1.82) is 0 Å². The minimum Gasteiger partial charge on any atom is -0.456 e. The Labute approximate surface area is 330 Å². The van der Waals surface area contributed by atoms with E-state index < -0.39 is 0 Å². The van der Waals surface area contributed by atoms with Crippen LogP contribution in [0.2, 0.25) is 0 Å². The third-order valence-electron chi connectivity index (χ3n) is 10.9. The molecule has 4 aromatic heterocycles. The Morgan fingerprint density at radius 1 is 0.333 bits per heavy atom. The van der Waals surface area contributed by atoms with Crippen molar-refractivity contribution in [2.24, 2.45) is 0 Å². The second kappa shape index (κ2) is 12.6. The molecule has 0 aliphatic heterocycles. The number of nitrogens with zero attached hydrogens (tertiary/aromatic N) is 3. The average molecular weight is 748 g/mol. The van der Waals surface area contributed by atoms with Crippen molar-refractivity contribution >= 4 is 75.4 Å². The molecule has 5 nitrogen and oxygen atoms in total. The van der Waals surface area contributed by atoms with Crippen LogP contribution >= 0.6 is 11.3 Å². The highest BCUT2D eigenvalue weighted by Gasteiger charge is 2.20. The smallest absolute Gasteiger partial charge is 0.167 e. The van der Waals surface area contributed by atoms with Gasteiger partial charge in [0, 0.05) is 52.8 Å². The Kier molecular flexibility index (Phi) is 7.03. The Morgan fingerprint density at radius 3 is 1.86 bits per heavy atom. The van der Waals surface area contributed by atoms with Crippen molar-refractivity contribution in [3.63, 3.8) is 0 Å². The van der Waals surface area contributed by atoms with E-state index in [-0.39, 0.29) is 0 Å². The van der Waals surface area contributed by atoms with E-state index in [0.29, 0.717) is 17.5 Å². The molecule has 0 N–H and O–H groups in total. The van der Waals surface area contributed by atoms with Crippen LogP contribution in [0.25, 0.3) is 120 Å². The Balaban J connectivity index is 1.05. The summed E-state index contributed by atoms with van der Waals surface area (Å²) in [6, 6.07) is 61.0. The molecule has 4 heterocycles. The number of para-hydroxylation sites is 3. The van der Waals surface area contributed by atoms with Gasteiger partial charge < -0.3 is 8.83 Å². The van der Waals surface area contributed by atoms with E-state index in [2.05, 4.69) is 103 Å². The molecule has 0 radical (unpaired) electrons. The average Bonchev–Trinajstić information content (AvgIpc) is 3.97. The number of fused-ring (bicyclic) bond motifs is 9. The van der Waals surface area contributed by atoms with Crippen LogP contribution in [0.1, 0.15) is 0 Å². The van der Waals surface area contributed by atoms with E-state index in [0.717, 1.165) is 82.8 Å². The van der Waals surface area contributed by atoms with Gasteiger partial charge in [-0.3, -0.25) is 0 Å². The van der Waals surface area contributed by atoms with Crippen LogP contribution in [-0.4, -0.2) is 15.0 Å². The van der Waals surface area contributed by atoms with E-state index in [1.165, 1.54) is 20.2 Å². The summed E-state index contributed by atoms with van der Waals surface area (Å²) < 4.78 is 15.6. The number of aromatic nitrogens is 3. The molecule has 0 unspecified atom stereocenters. The first-order valence-corrected chi connectivity index (χ1v) is 19.7. The molecule has 0 bridgehead atoms. The largest absolute Gasteiger partial charge is 0.456 e. The predicted molar refractivity (Wildman–Crippen MR) is 234 cm³/mol. The summed E-state index contributed by atoms with van der Waals surface area (Å²) in [6.45, 7) is 0. The lowest BCUT2D eigenvalue weighted by molar-refractivity contribution is 0.669. The summed E-state index contributed by atoms with van der Waals surface area (Å²) in [6.07, 6.45) is 0. The van der Waals surface area contributed by atoms with Crippen LogP contribution in [0.5, 0.6) is 0 Å². The standard InChI is InChI=1S/C51H29N3O2S/c1-2-12-30(13-3-1)49-52-50(54-51(53-49)40-20-11-19-38-35-16-4-7-21-42(35)56-48(38)40)33-15-10-14-32(26-33)41-27-34(28-44-47(41)39-18-5-8-22-43(39)55-44)31-24-25-37-36-17-6-9-23-45(36)57-46(37)29-31/h1-29H. The first kappa shape index (κ1) is 31.9. The van der Waals surface area contributed by atoms with Crippen LogP contribution in [0.15, 0.2) is 185 Å². The number of hydrogen-bond donors (Lipinski definition) is 0. The fourth-order valence-corrected chi connectivity index (χ4v) is 9.39. The van der Waals surface area contributed by atoms with E-state index >= 15 is 0 Å². The second-order valence-electron chi connectivity index (χ2n) is 14.3. The lowest BCUT2D eigenvalue weighted by atomic mass is 9.93. The second-order valence-corrected chi connectivity index (χ2v) is 15.4. The maximum absolute atomic E-state index is 6.57. The molecule has 0 atom stereocenters. The molecule has 266 valence electrons. The third-order valence-corrected chi connectivity index (χ3v) is 12.1. The molecule has 0 saturated heterocycles. The number of furan rings is 2. The highest BCUT2D eigenvalue weighted by Crippen LogP contribution is 2.43. The zero-order chi connectivity index (χ0) is 37.5. The van der Waals surface area contributed by atoms with E-state index in [4.69, 9.17) is 23.8 Å². The molecule has 0 saturated carbocycles. The van der Waals surface area contributed by atoms with Gasteiger partial charge in [-0.2, -0.15) is 0 Å². The molecule has 0 aliphatic rings. The molecule has 0 aliphatic carbocycles. The van der Waals surface area contributed by atoms with Gasteiger partial charge in [-0.05, 0) is 70.8 Å². The topological polar surface area (TPSA) is 65.0 Å². The molecule has 12 aromatic rings. The van der Waals surface area contributed by atoms with Crippen molar-refractivity contribution in [2.45, 2.75) is 0 Å². The van der Waals surface area contributed by atoms with Gasteiger partial charge in [-0.25, -0.2) is 15.0 Å². The molecule has 57 heavy (non-hydrogen) atoms. The van der Waals surface area contributed by atoms with E-state index in [1.54, 1.807) is 0 Å². The molecule has 8 aromatic carbocycles. The summed E-state index contributed by atoms with van der Waals surface area (Å²) in [5.74, 6) is 1.72. The van der Waals surface area contributed by atoms with Gasteiger partial charge >= 0.3 is 0 Å². The SMILES string of the molecule is c1ccc(-c2nc(-c3cccc(-c4cc(-c5ccc6c(c5)sc5ccccc56)cc5oc6ccccc6c45)c3)nc(-c3cccc4c3oc3ccccc34)n2)cc1. The minimum atomic E-state index is 0.552. The predicted octanol–water partition coefficient (Wildman–Crippen LogP) is 14.4. The monoisotopic (exact) mass is 747 g/mol. The lowest BCUT2D eigenvalue weighted by Gasteiger charge is -2.12. The summed E-state index contributed by atoms with van der Waals surface area (Å²) in [4.78, 5) is 15.3. The first-order chi connectivity index (χ1) is 28.2. The lowest BCUT2D eigenvalue weighted by Crippen LogP contribution is -2.00. The van der Waals surface area contributed by atoms with Crippen molar-refractivity contribution in [3.8, 4) is 56.4 Å². The highest BCUT2D eigenvalue weighted by atomic mass is 32.1. The van der Waals surface area contributed by atoms with E-state index in [1.807, 2.05) is 84.1 Å². The Bertz CT molecular complexity index is 3540. The van der Waals surface area contributed by atoms with Gasteiger partial charge in [-0.15, -0.1) is 11.3 Å².